The number of hydrogen-bond donors (Lipinski definition) is 0. The molecule has 0 fully saturated rings. The molecule has 0 spiro atoms. The molecule has 2 rings (SSSR count). The van der Waals surface area contributed by atoms with E-state index < -0.39 is 5.12 Å². The normalized spacial score (nSPS) is 10.3. The molecule has 0 bridgehead atoms. The molecule has 0 atom stereocenters. The number of thioether (sulfide) groups is 1. The highest BCUT2D eigenvalue weighted by Gasteiger charge is 2.08. The van der Waals surface area contributed by atoms with Gasteiger partial charge in [-0.1, -0.05) is 12.1 Å². The Kier molecular flexibility index (Phi) is 2.60. The number of fused-ring (bicyclic) bond motifs is 1. The SMILES string of the molecule is O=CC(=O)Sc1nc2ccccc2s1. The van der Waals surface area contributed by atoms with Crippen LogP contribution in [0.5, 0.6) is 0 Å². The molecule has 0 unspecified atom stereocenters. The molecule has 0 saturated heterocycles. The predicted molar refractivity (Wildman–Crippen MR) is 56.5 cm³/mol. The van der Waals surface area contributed by atoms with E-state index >= 15 is 0 Å². The van der Waals surface area contributed by atoms with Gasteiger partial charge in [0.25, 0.3) is 5.12 Å². The standard InChI is InChI=1S/C9H5NO2S2/c11-5-8(12)14-9-10-6-3-1-2-4-7(6)13-9/h1-5H. The third-order valence-electron chi connectivity index (χ3n) is 1.56. The van der Waals surface area contributed by atoms with Crippen molar-refractivity contribution in [3.05, 3.63) is 24.3 Å². The van der Waals surface area contributed by atoms with Gasteiger partial charge in [0.2, 0.25) is 0 Å². The van der Waals surface area contributed by atoms with Crippen LogP contribution in [0.2, 0.25) is 0 Å². The molecule has 1 heterocycles. The summed E-state index contributed by atoms with van der Waals surface area (Å²) in [5.41, 5.74) is 0.860. The maximum absolute atomic E-state index is 10.8. The molecule has 0 saturated carbocycles. The Hall–Kier alpha value is -1.20. The van der Waals surface area contributed by atoms with E-state index in [0.717, 1.165) is 22.0 Å². The van der Waals surface area contributed by atoms with Crippen LogP contribution >= 0.6 is 23.1 Å². The monoisotopic (exact) mass is 223 g/mol. The zero-order valence-corrected chi connectivity index (χ0v) is 8.60. The summed E-state index contributed by atoms with van der Waals surface area (Å²) < 4.78 is 1.64. The zero-order valence-electron chi connectivity index (χ0n) is 6.97. The molecule has 0 aliphatic rings. The van der Waals surface area contributed by atoms with Crippen molar-refractivity contribution in [3.8, 4) is 0 Å². The minimum atomic E-state index is -0.510. The molecule has 0 aliphatic carbocycles. The summed E-state index contributed by atoms with van der Waals surface area (Å²) in [5, 5.41) is -0.510. The second-order valence-corrected chi connectivity index (χ2v) is 4.77. The first-order chi connectivity index (χ1) is 6.79. The molecule has 0 aliphatic heterocycles. The summed E-state index contributed by atoms with van der Waals surface area (Å²) in [6, 6.07) is 7.61. The molecular formula is C9H5NO2S2. The van der Waals surface area contributed by atoms with Gasteiger partial charge >= 0.3 is 0 Å². The van der Waals surface area contributed by atoms with Crippen LogP contribution in [0.4, 0.5) is 0 Å². The fourth-order valence-corrected chi connectivity index (χ4v) is 2.75. The number of rotatable bonds is 2. The summed E-state index contributed by atoms with van der Waals surface area (Å²) in [4.78, 5) is 25.2. The second kappa shape index (κ2) is 3.89. The van der Waals surface area contributed by atoms with E-state index in [1.165, 1.54) is 11.3 Å². The van der Waals surface area contributed by atoms with E-state index in [-0.39, 0.29) is 0 Å². The molecule has 0 N–H and O–H groups in total. The summed E-state index contributed by atoms with van der Waals surface area (Å²) >= 11 is 2.28. The Bertz CT molecular complexity index is 459. The van der Waals surface area contributed by atoms with Crippen LogP contribution in [-0.2, 0) is 9.59 Å². The first-order valence-electron chi connectivity index (χ1n) is 3.82. The lowest BCUT2D eigenvalue weighted by Crippen LogP contribution is -1.89. The van der Waals surface area contributed by atoms with Crippen molar-refractivity contribution >= 4 is 44.7 Å². The van der Waals surface area contributed by atoms with Crippen LogP contribution in [0.3, 0.4) is 0 Å². The van der Waals surface area contributed by atoms with Gasteiger partial charge in [-0.25, -0.2) is 4.98 Å². The van der Waals surface area contributed by atoms with Gasteiger partial charge in [0.15, 0.2) is 10.6 Å². The van der Waals surface area contributed by atoms with Crippen molar-refractivity contribution < 1.29 is 9.59 Å². The highest BCUT2D eigenvalue weighted by atomic mass is 32.2. The molecule has 70 valence electrons. The Morgan fingerprint density at radius 1 is 1.43 bits per heavy atom. The number of aldehydes is 1. The van der Waals surface area contributed by atoms with Crippen molar-refractivity contribution in [2.24, 2.45) is 0 Å². The first-order valence-corrected chi connectivity index (χ1v) is 5.45. The smallest absolute Gasteiger partial charge is 0.258 e. The molecule has 3 nitrogen and oxygen atoms in total. The van der Waals surface area contributed by atoms with Gasteiger partial charge in [0, 0.05) is 0 Å². The van der Waals surface area contributed by atoms with E-state index in [2.05, 4.69) is 4.98 Å². The molecule has 14 heavy (non-hydrogen) atoms. The number of carbonyl (C=O) groups is 2. The maximum Gasteiger partial charge on any atom is 0.258 e. The Morgan fingerprint density at radius 2 is 2.21 bits per heavy atom. The van der Waals surface area contributed by atoms with Gasteiger partial charge in [0.1, 0.15) is 0 Å². The van der Waals surface area contributed by atoms with Gasteiger partial charge in [0.05, 0.1) is 10.2 Å². The number of nitrogens with zero attached hydrogens (tertiary/aromatic N) is 1. The quantitative estimate of drug-likeness (QED) is 0.444. The van der Waals surface area contributed by atoms with E-state index in [1.54, 1.807) is 0 Å². The fourth-order valence-electron chi connectivity index (χ4n) is 1.00. The summed E-state index contributed by atoms with van der Waals surface area (Å²) in [6.07, 6.45) is 0.302. The first kappa shape index (κ1) is 9.36. The van der Waals surface area contributed by atoms with E-state index in [0.29, 0.717) is 10.6 Å². The van der Waals surface area contributed by atoms with Crippen LogP contribution in [0, 0.1) is 0 Å². The maximum atomic E-state index is 10.8. The highest BCUT2D eigenvalue weighted by Crippen LogP contribution is 2.29. The number of carbonyl (C=O) groups excluding carboxylic acids is 2. The second-order valence-electron chi connectivity index (χ2n) is 2.49. The van der Waals surface area contributed by atoms with Crippen LogP contribution in [0.1, 0.15) is 0 Å². The number of aromatic nitrogens is 1. The zero-order chi connectivity index (χ0) is 9.97. The average molecular weight is 223 g/mol. The molecule has 5 heteroatoms. The average Bonchev–Trinajstić information content (AvgIpc) is 2.59. The summed E-state index contributed by atoms with van der Waals surface area (Å²) in [6.45, 7) is 0. The molecule has 0 amide bonds. The van der Waals surface area contributed by atoms with E-state index in [9.17, 15) is 9.59 Å². The van der Waals surface area contributed by atoms with Crippen LogP contribution in [-0.4, -0.2) is 16.4 Å². The Balaban J connectivity index is 2.35. The molecular weight excluding hydrogens is 218 g/mol. The molecule has 1 aromatic heterocycles. The van der Waals surface area contributed by atoms with Crippen molar-refractivity contribution in [2.75, 3.05) is 0 Å². The number of para-hydroxylation sites is 1. The van der Waals surface area contributed by atoms with Crippen LogP contribution in [0.25, 0.3) is 10.2 Å². The number of benzene rings is 1. The largest absolute Gasteiger partial charge is 0.294 e. The summed E-state index contributed by atoms with van der Waals surface area (Å²) in [5.74, 6) is 0. The lowest BCUT2D eigenvalue weighted by atomic mass is 10.3. The molecule has 2 aromatic rings. The highest BCUT2D eigenvalue weighted by molar-refractivity contribution is 8.16. The van der Waals surface area contributed by atoms with Gasteiger partial charge < -0.3 is 0 Å². The van der Waals surface area contributed by atoms with Gasteiger partial charge in [-0.05, 0) is 23.9 Å². The summed E-state index contributed by atoms with van der Waals surface area (Å²) in [7, 11) is 0. The van der Waals surface area contributed by atoms with Crippen molar-refractivity contribution in [1.82, 2.24) is 4.98 Å². The topological polar surface area (TPSA) is 47.0 Å². The van der Waals surface area contributed by atoms with Gasteiger partial charge in [-0.3, -0.25) is 9.59 Å². The Morgan fingerprint density at radius 3 is 2.93 bits per heavy atom. The van der Waals surface area contributed by atoms with Gasteiger partial charge in [-0.15, -0.1) is 11.3 Å². The Labute approximate surface area is 88.1 Å². The predicted octanol–water partition coefficient (Wildman–Crippen LogP) is 2.11. The lowest BCUT2D eigenvalue weighted by Gasteiger charge is -1.83. The third-order valence-corrected chi connectivity index (χ3v) is 3.45. The van der Waals surface area contributed by atoms with Crippen molar-refractivity contribution in [2.45, 2.75) is 4.34 Å². The fraction of sp³-hybridized carbons (Fsp3) is 0. The van der Waals surface area contributed by atoms with Crippen LogP contribution in [0.15, 0.2) is 28.6 Å². The minimum Gasteiger partial charge on any atom is -0.294 e. The van der Waals surface area contributed by atoms with Gasteiger partial charge in [-0.2, -0.15) is 0 Å². The number of hydrogen-bond acceptors (Lipinski definition) is 5. The molecule has 0 radical (unpaired) electrons. The lowest BCUT2D eigenvalue weighted by molar-refractivity contribution is -0.124. The van der Waals surface area contributed by atoms with E-state index in [4.69, 9.17) is 0 Å². The molecule has 1 aromatic carbocycles. The number of thiazole rings is 1. The third kappa shape index (κ3) is 1.83. The minimum absolute atomic E-state index is 0.302. The van der Waals surface area contributed by atoms with Crippen molar-refractivity contribution in [3.63, 3.8) is 0 Å². The van der Waals surface area contributed by atoms with Crippen LogP contribution < -0.4 is 0 Å². The van der Waals surface area contributed by atoms with E-state index in [1.807, 2.05) is 24.3 Å². The van der Waals surface area contributed by atoms with Crippen molar-refractivity contribution in [1.29, 1.82) is 0 Å².